The molecule has 8 heteroatoms. The fourth-order valence-corrected chi connectivity index (χ4v) is 2.66. The number of nitrogens with zero attached hydrogens (tertiary/aromatic N) is 2. The zero-order chi connectivity index (χ0) is 16.4. The first kappa shape index (κ1) is 15.1. The molecule has 1 fully saturated rings. The number of rotatable bonds is 4. The Morgan fingerprint density at radius 2 is 1.17 bits per heavy atom. The summed E-state index contributed by atoms with van der Waals surface area (Å²) in [7, 11) is 0. The molecule has 3 rings (SSSR count). The third-order valence-electron chi connectivity index (χ3n) is 3.65. The summed E-state index contributed by atoms with van der Waals surface area (Å²) in [5.74, 6) is 0. The maximum absolute atomic E-state index is 11.2. The number of benzene rings is 2. The van der Waals surface area contributed by atoms with Gasteiger partial charge in [-0.1, -0.05) is 24.3 Å². The van der Waals surface area contributed by atoms with Crippen molar-refractivity contribution >= 4 is 11.4 Å². The molecule has 0 aromatic heterocycles. The van der Waals surface area contributed by atoms with E-state index in [1.807, 2.05) is 0 Å². The van der Waals surface area contributed by atoms with Gasteiger partial charge in [-0.05, 0) is 12.1 Å². The van der Waals surface area contributed by atoms with Crippen LogP contribution in [0.3, 0.4) is 0 Å². The van der Waals surface area contributed by atoms with Crippen molar-refractivity contribution in [3.63, 3.8) is 0 Å². The van der Waals surface area contributed by atoms with E-state index >= 15 is 0 Å². The van der Waals surface area contributed by atoms with Crippen LogP contribution in [0.25, 0.3) is 0 Å². The Morgan fingerprint density at radius 1 is 0.783 bits per heavy atom. The maximum Gasteiger partial charge on any atom is 0.275 e. The minimum atomic E-state index is -0.780. The van der Waals surface area contributed by atoms with Crippen LogP contribution in [0.1, 0.15) is 23.3 Å². The van der Waals surface area contributed by atoms with Crippen molar-refractivity contribution in [2.24, 2.45) is 0 Å². The Balaban J connectivity index is 2.06. The molecule has 1 heterocycles. The summed E-state index contributed by atoms with van der Waals surface area (Å²) in [4.78, 5) is 21.4. The molecule has 1 aliphatic rings. The summed E-state index contributed by atoms with van der Waals surface area (Å²) in [6, 6.07) is 12.3. The van der Waals surface area contributed by atoms with E-state index < -0.39 is 22.1 Å². The standard InChI is InChI=1S/C15H12N2O6/c18-16(19)12-7-3-1-5-10(12)14-15(23-9-22-14)11-6-2-4-8-13(11)17(20)21/h1-8,14-15H,9H2. The smallest absolute Gasteiger partial charge is 0.275 e. The first-order valence-corrected chi connectivity index (χ1v) is 6.79. The maximum atomic E-state index is 11.2. The van der Waals surface area contributed by atoms with Gasteiger partial charge >= 0.3 is 0 Å². The lowest BCUT2D eigenvalue weighted by Gasteiger charge is -2.17. The molecule has 0 aliphatic carbocycles. The molecule has 0 radical (unpaired) electrons. The molecule has 0 amide bonds. The van der Waals surface area contributed by atoms with E-state index in [1.165, 1.54) is 12.1 Å². The number of nitro groups is 2. The van der Waals surface area contributed by atoms with E-state index in [4.69, 9.17) is 9.47 Å². The van der Waals surface area contributed by atoms with E-state index in [0.29, 0.717) is 11.1 Å². The Kier molecular flexibility index (Phi) is 4.00. The first-order chi connectivity index (χ1) is 11.1. The molecule has 23 heavy (non-hydrogen) atoms. The summed E-state index contributed by atoms with van der Waals surface area (Å²) in [6.45, 7) is -0.0899. The number of nitro benzene ring substituents is 2. The van der Waals surface area contributed by atoms with E-state index in [9.17, 15) is 20.2 Å². The average Bonchev–Trinajstić information content (AvgIpc) is 3.04. The van der Waals surface area contributed by atoms with Gasteiger partial charge in [0.2, 0.25) is 0 Å². The third-order valence-corrected chi connectivity index (χ3v) is 3.65. The van der Waals surface area contributed by atoms with Gasteiger partial charge in [-0.15, -0.1) is 0 Å². The Labute approximate surface area is 130 Å². The zero-order valence-electron chi connectivity index (χ0n) is 11.8. The second kappa shape index (κ2) is 6.11. The normalized spacial score (nSPS) is 20.3. The minimum absolute atomic E-state index is 0.0899. The van der Waals surface area contributed by atoms with Crippen LogP contribution in [0.4, 0.5) is 11.4 Å². The lowest BCUT2D eigenvalue weighted by Crippen LogP contribution is -2.11. The SMILES string of the molecule is O=[N+]([O-])c1ccccc1C1OCOC1c1ccccc1[N+](=O)[O-]. The van der Waals surface area contributed by atoms with Crippen LogP contribution in [-0.2, 0) is 9.47 Å². The molecule has 0 N–H and O–H groups in total. The molecule has 0 saturated carbocycles. The molecule has 2 unspecified atom stereocenters. The zero-order valence-corrected chi connectivity index (χ0v) is 11.8. The quantitative estimate of drug-likeness (QED) is 0.633. The van der Waals surface area contributed by atoms with Crippen molar-refractivity contribution in [1.82, 2.24) is 0 Å². The minimum Gasteiger partial charge on any atom is -0.344 e. The van der Waals surface area contributed by atoms with Crippen molar-refractivity contribution in [2.45, 2.75) is 12.2 Å². The monoisotopic (exact) mass is 316 g/mol. The van der Waals surface area contributed by atoms with Crippen LogP contribution in [-0.4, -0.2) is 16.6 Å². The van der Waals surface area contributed by atoms with Gasteiger partial charge in [-0.25, -0.2) is 0 Å². The third kappa shape index (κ3) is 2.77. The van der Waals surface area contributed by atoms with Crippen LogP contribution in [0.5, 0.6) is 0 Å². The van der Waals surface area contributed by atoms with E-state index in [0.717, 1.165) is 0 Å². The number of hydrogen-bond donors (Lipinski definition) is 0. The van der Waals surface area contributed by atoms with Gasteiger partial charge in [0.1, 0.15) is 19.0 Å². The molecule has 2 aromatic rings. The van der Waals surface area contributed by atoms with Crippen molar-refractivity contribution in [3.8, 4) is 0 Å². The predicted molar refractivity (Wildman–Crippen MR) is 78.7 cm³/mol. The van der Waals surface area contributed by atoms with E-state index in [2.05, 4.69) is 0 Å². The van der Waals surface area contributed by atoms with Crippen LogP contribution in [0, 0.1) is 20.2 Å². The van der Waals surface area contributed by atoms with Crippen LogP contribution in [0.2, 0.25) is 0 Å². The summed E-state index contributed by atoms with van der Waals surface area (Å²) >= 11 is 0. The number of hydrogen-bond acceptors (Lipinski definition) is 6. The molecule has 1 saturated heterocycles. The molecule has 2 aromatic carbocycles. The number of para-hydroxylation sites is 2. The van der Waals surface area contributed by atoms with E-state index in [-0.39, 0.29) is 18.2 Å². The molecule has 8 nitrogen and oxygen atoms in total. The van der Waals surface area contributed by atoms with Gasteiger partial charge in [-0.2, -0.15) is 0 Å². The van der Waals surface area contributed by atoms with Crippen molar-refractivity contribution in [1.29, 1.82) is 0 Å². The van der Waals surface area contributed by atoms with Crippen molar-refractivity contribution in [2.75, 3.05) is 6.79 Å². The Morgan fingerprint density at radius 3 is 1.57 bits per heavy atom. The summed E-state index contributed by atoms with van der Waals surface area (Å²) < 4.78 is 11.0. The Bertz CT molecular complexity index is 700. The van der Waals surface area contributed by atoms with Crippen molar-refractivity contribution in [3.05, 3.63) is 79.9 Å². The second-order valence-corrected chi connectivity index (χ2v) is 4.92. The molecular weight excluding hydrogens is 304 g/mol. The van der Waals surface area contributed by atoms with Crippen molar-refractivity contribution < 1.29 is 19.3 Å². The lowest BCUT2D eigenvalue weighted by molar-refractivity contribution is -0.387. The first-order valence-electron chi connectivity index (χ1n) is 6.79. The number of ether oxygens (including phenoxy) is 2. The molecule has 0 bridgehead atoms. The highest BCUT2D eigenvalue weighted by Gasteiger charge is 2.39. The van der Waals surface area contributed by atoms with Crippen LogP contribution in [0.15, 0.2) is 48.5 Å². The summed E-state index contributed by atoms with van der Waals surface area (Å²) in [5.41, 5.74) is 0.453. The molecule has 1 aliphatic heterocycles. The van der Waals surface area contributed by atoms with Crippen LogP contribution >= 0.6 is 0 Å². The highest BCUT2D eigenvalue weighted by molar-refractivity contribution is 5.47. The van der Waals surface area contributed by atoms with Gasteiger partial charge < -0.3 is 9.47 Å². The highest BCUT2D eigenvalue weighted by Crippen LogP contribution is 2.45. The predicted octanol–water partition coefficient (Wildman–Crippen LogP) is 3.29. The van der Waals surface area contributed by atoms with Gasteiger partial charge in [-0.3, -0.25) is 20.2 Å². The second-order valence-electron chi connectivity index (χ2n) is 4.92. The fourth-order valence-electron chi connectivity index (χ4n) is 2.66. The molecule has 118 valence electrons. The summed E-state index contributed by atoms with van der Waals surface area (Å²) in [5, 5.41) is 22.4. The van der Waals surface area contributed by atoms with Gasteiger partial charge in [0.15, 0.2) is 0 Å². The highest BCUT2D eigenvalue weighted by atomic mass is 16.7. The molecular formula is C15H12N2O6. The topological polar surface area (TPSA) is 105 Å². The van der Waals surface area contributed by atoms with E-state index in [1.54, 1.807) is 36.4 Å². The molecule has 0 spiro atoms. The van der Waals surface area contributed by atoms with Gasteiger partial charge in [0.25, 0.3) is 11.4 Å². The fraction of sp³-hybridized carbons (Fsp3) is 0.200. The lowest BCUT2D eigenvalue weighted by atomic mass is 9.96. The average molecular weight is 316 g/mol. The Hall–Kier alpha value is -2.84. The van der Waals surface area contributed by atoms with Crippen LogP contribution < -0.4 is 0 Å². The van der Waals surface area contributed by atoms with Gasteiger partial charge in [0, 0.05) is 12.1 Å². The molecule has 2 atom stereocenters. The van der Waals surface area contributed by atoms with Gasteiger partial charge in [0.05, 0.1) is 21.0 Å². The summed E-state index contributed by atoms with van der Waals surface area (Å²) in [6.07, 6.45) is -1.56. The largest absolute Gasteiger partial charge is 0.344 e.